The fraction of sp³-hybridized carbons (Fsp3) is 0.167. The summed E-state index contributed by atoms with van der Waals surface area (Å²) in [5.41, 5.74) is 1.72. The Morgan fingerprint density at radius 3 is 2.35 bits per heavy atom. The largest absolute Gasteiger partial charge is 0.497 e. The number of rotatable bonds is 2. The number of aryl methyl sites for hydroxylation is 1. The molecule has 88 valence electrons. The SMILES string of the molecule is COc1ccc(-c2nc(C)c(Br)c(Cl)n2)cc1. The number of benzene rings is 1. The molecule has 1 heterocycles. The van der Waals surface area contributed by atoms with Crippen LogP contribution in [0.2, 0.25) is 5.15 Å². The molecular weight excluding hydrogens is 304 g/mol. The third-order valence-corrected chi connectivity index (χ3v) is 3.78. The van der Waals surface area contributed by atoms with E-state index >= 15 is 0 Å². The maximum absolute atomic E-state index is 6.00. The number of halogens is 2. The summed E-state index contributed by atoms with van der Waals surface area (Å²) in [6.07, 6.45) is 0. The van der Waals surface area contributed by atoms with Gasteiger partial charge in [-0.15, -0.1) is 0 Å². The number of ether oxygens (including phenoxy) is 1. The van der Waals surface area contributed by atoms with E-state index in [-0.39, 0.29) is 0 Å². The Morgan fingerprint density at radius 2 is 1.82 bits per heavy atom. The molecule has 1 aromatic heterocycles. The molecular formula is C12H10BrClN2O. The van der Waals surface area contributed by atoms with Crippen molar-refractivity contribution >= 4 is 27.5 Å². The van der Waals surface area contributed by atoms with Crippen molar-refractivity contribution in [1.29, 1.82) is 0 Å². The van der Waals surface area contributed by atoms with E-state index in [1.807, 2.05) is 31.2 Å². The summed E-state index contributed by atoms with van der Waals surface area (Å²) in [6, 6.07) is 7.53. The molecule has 0 bridgehead atoms. The molecule has 0 aliphatic rings. The zero-order valence-corrected chi connectivity index (χ0v) is 11.7. The van der Waals surface area contributed by atoms with Gasteiger partial charge in [0, 0.05) is 5.56 Å². The van der Waals surface area contributed by atoms with E-state index in [4.69, 9.17) is 16.3 Å². The fourth-order valence-corrected chi connectivity index (χ4v) is 1.79. The summed E-state index contributed by atoms with van der Waals surface area (Å²) in [6.45, 7) is 1.88. The van der Waals surface area contributed by atoms with Crippen molar-refractivity contribution in [2.75, 3.05) is 7.11 Å². The van der Waals surface area contributed by atoms with Crippen molar-refractivity contribution in [2.45, 2.75) is 6.92 Å². The Hall–Kier alpha value is -1.13. The topological polar surface area (TPSA) is 35.0 Å². The van der Waals surface area contributed by atoms with Gasteiger partial charge in [0.05, 0.1) is 17.3 Å². The highest BCUT2D eigenvalue weighted by Crippen LogP contribution is 2.27. The lowest BCUT2D eigenvalue weighted by Crippen LogP contribution is -1.94. The van der Waals surface area contributed by atoms with Crippen LogP contribution in [0.1, 0.15) is 5.69 Å². The van der Waals surface area contributed by atoms with Crippen LogP contribution in [-0.4, -0.2) is 17.1 Å². The number of nitrogens with zero attached hydrogens (tertiary/aromatic N) is 2. The number of hydrogen-bond donors (Lipinski definition) is 0. The Kier molecular flexibility index (Phi) is 3.64. The van der Waals surface area contributed by atoms with E-state index in [9.17, 15) is 0 Å². The van der Waals surface area contributed by atoms with Crippen molar-refractivity contribution < 1.29 is 4.74 Å². The van der Waals surface area contributed by atoms with Crippen LogP contribution in [0.4, 0.5) is 0 Å². The van der Waals surface area contributed by atoms with Gasteiger partial charge in [-0.1, -0.05) is 11.6 Å². The predicted octanol–water partition coefficient (Wildman–Crippen LogP) is 3.88. The van der Waals surface area contributed by atoms with Gasteiger partial charge in [0.15, 0.2) is 5.82 Å². The highest BCUT2D eigenvalue weighted by atomic mass is 79.9. The molecule has 0 fully saturated rings. The second-order valence-electron chi connectivity index (χ2n) is 3.47. The van der Waals surface area contributed by atoms with Gasteiger partial charge in [-0.05, 0) is 47.1 Å². The van der Waals surface area contributed by atoms with Crippen molar-refractivity contribution in [3.63, 3.8) is 0 Å². The summed E-state index contributed by atoms with van der Waals surface area (Å²) in [4.78, 5) is 8.60. The van der Waals surface area contributed by atoms with Crippen LogP contribution < -0.4 is 4.74 Å². The van der Waals surface area contributed by atoms with Crippen molar-refractivity contribution in [3.05, 3.63) is 39.6 Å². The number of aromatic nitrogens is 2. The Balaban J connectivity index is 2.45. The highest BCUT2D eigenvalue weighted by Gasteiger charge is 2.09. The van der Waals surface area contributed by atoms with Crippen LogP contribution in [0.3, 0.4) is 0 Å². The number of hydrogen-bond acceptors (Lipinski definition) is 3. The van der Waals surface area contributed by atoms with Crippen LogP contribution in [0.15, 0.2) is 28.7 Å². The van der Waals surface area contributed by atoms with E-state index in [0.717, 1.165) is 21.5 Å². The third-order valence-electron chi connectivity index (χ3n) is 2.32. The van der Waals surface area contributed by atoms with E-state index in [1.54, 1.807) is 7.11 Å². The molecule has 0 spiro atoms. The van der Waals surface area contributed by atoms with Gasteiger partial charge < -0.3 is 4.74 Å². The van der Waals surface area contributed by atoms with Gasteiger partial charge in [0.1, 0.15) is 10.9 Å². The maximum Gasteiger partial charge on any atom is 0.161 e. The first-order chi connectivity index (χ1) is 8.11. The average molecular weight is 314 g/mol. The van der Waals surface area contributed by atoms with Crippen LogP contribution in [0.25, 0.3) is 11.4 Å². The summed E-state index contributed by atoms with van der Waals surface area (Å²) in [7, 11) is 1.63. The van der Waals surface area contributed by atoms with Crippen LogP contribution >= 0.6 is 27.5 Å². The first-order valence-electron chi connectivity index (χ1n) is 4.96. The smallest absolute Gasteiger partial charge is 0.161 e. The molecule has 0 unspecified atom stereocenters. The number of methoxy groups -OCH3 is 1. The molecule has 0 radical (unpaired) electrons. The standard InChI is InChI=1S/C12H10BrClN2O/c1-7-10(13)11(14)16-12(15-7)8-3-5-9(17-2)6-4-8/h3-6H,1-2H3. The molecule has 0 saturated carbocycles. The minimum absolute atomic E-state index is 0.420. The van der Waals surface area contributed by atoms with Gasteiger partial charge >= 0.3 is 0 Å². The Morgan fingerprint density at radius 1 is 1.18 bits per heavy atom. The molecule has 17 heavy (non-hydrogen) atoms. The van der Waals surface area contributed by atoms with Crippen LogP contribution in [0, 0.1) is 6.92 Å². The lowest BCUT2D eigenvalue weighted by molar-refractivity contribution is 0.415. The minimum Gasteiger partial charge on any atom is -0.497 e. The minimum atomic E-state index is 0.420. The van der Waals surface area contributed by atoms with Crippen LogP contribution in [0.5, 0.6) is 5.75 Å². The first kappa shape index (κ1) is 12.3. The second kappa shape index (κ2) is 5.02. The predicted molar refractivity (Wildman–Crippen MR) is 71.5 cm³/mol. The monoisotopic (exact) mass is 312 g/mol. The van der Waals surface area contributed by atoms with Crippen molar-refractivity contribution in [1.82, 2.24) is 9.97 Å². The molecule has 0 N–H and O–H groups in total. The van der Waals surface area contributed by atoms with Gasteiger partial charge in [0.25, 0.3) is 0 Å². The molecule has 0 saturated heterocycles. The Bertz CT molecular complexity index is 520. The zero-order chi connectivity index (χ0) is 12.4. The molecule has 0 aliphatic heterocycles. The Labute approximate surface area is 113 Å². The molecule has 5 heteroatoms. The van der Waals surface area contributed by atoms with E-state index < -0.39 is 0 Å². The van der Waals surface area contributed by atoms with Gasteiger partial charge in [0.2, 0.25) is 0 Å². The van der Waals surface area contributed by atoms with Crippen molar-refractivity contribution in [2.24, 2.45) is 0 Å². The lowest BCUT2D eigenvalue weighted by Gasteiger charge is -2.05. The van der Waals surface area contributed by atoms with E-state index in [2.05, 4.69) is 25.9 Å². The first-order valence-corrected chi connectivity index (χ1v) is 6.13. The quantitative estimate of drug-likeness (QED) is 0.789. The fourth-order valence-electron chi connectivity index (χ4n) is 1.39. The average Bonchev–Trinajstić information content (AvgIpc) is 2.35. The van der Waals surface area contributed by atoms with Gasteiger partial charge in [-0.3, -0.25) is 0 Å². The van der Waals surface area contributed by atoms with Crippen molar-refractivity contribution in [3.8, 4) is 17.1 Å². The molecule has 0 aliphatic carbocycles. The van der Waals surface area contributed by atoms with Gasteiger partial charge in [-0.25, -0.2) is 9.97 Å². The van der Waals surface area contributed by atoms with Crippen LogP contribution in [-0.2, 0) is 0 Å². The molecule has 3 nitrogen and oxygen atoms in total. The van der Waals surface area contributed by atoms with E-state index in [1.165, 1.54) is 0 Å². The second-order valence-corrected chi connectivity index (χ2v) is 4.62. The van der Waals surface area contributed by atoms with Gasteiger partial charge in [-0.2, -0.15) is 0 Å². The summed E-state index contributed by atoms with van der Waals surface area (Å²) < 4.78 is 5.83. The molecule has 0 amide bonds. The zero-order valence-electron chi connectivity index (χ0n) is 9.37. The third kappa shape index (κ3) is 2.58. The summed E-state index contributed by atoms with van der Waals surface area (Å²) >= 11 is 9.34. The molecule has 0 atom stereocenters. The summed E-state index contributed by atoms with van der Waals surface area (Å²) in [5, 5.41) is 0.420. The summed E-state index contributed by atoms with van der Waals surface area (Å²) in [5.74, 6) is 1.41. The normalized spacial score (nSPS) is 10.4. The molecule has 2 aromatic rings. The molecule has 2 rings (SSSR count). The molecule has 1 aromatic carbocycles. The van der Waals surface area contributed by atoms with E-state index in [0.29, 0.717) is 11.0 Å². The maximum atomic E-state index is 6.00. The lowest BCUT2D eigenvalue weighted by atomic mass is 10.2. The highest BCUT2D eigenvalue weighted by molar-refractivity contribution is 9.10.